The Bertz CT molecular complexity index is 449. The molecule has 0 saturated heterocycles. The lowest BCUT2D eigenvalue weighted by Gasteiger charge is -2.08. The van der Waals surface area contributed by atoms with E-state index >= 15 is 0 Å². The molecule has 1 aromatic rings. The molecule has 0 atom stereocenters. The summed E-state index contributed by atoms with van der Waals surface area (Å²) in [5, 5.41) is 9.07. The van der Waals surface area contributed by atoms with Crippen LogP contribution in [0, 0.1) is 11.3 Å². The van der Waals surface area contributed by atoms with E-state index in [-0.39, 0.29) is 0 Å². The number of carbonyl (C=O) groups is 1. The van der Waals surface area contributed by atoms with Crippen LogP contribution < -0.4 is 0 Å². The molecule has 4 heteroatoms. The molecule has 0 N–H and O–H groups in total. The van der Waals surface area contributed by atoms with Gasteiger partial charge in [-0.2, -0.15) is 5.26 Å². The second-order valence-electron chi connectivity index (χ2n) is 3.17. The Morgan fingerprint density at radius 2 is 2.19 bits per heavy atom. The van der Waals surface area contributed by atoms with E-state index in [1.807, 2.05) is 13.0 Å². The lowest BCUT2D eigenvalue weighted by atomic mass is 10.0. The van der Waals surface area contributed by atoms with Crippen molar-refractivity contribution in [2.45, 2.75) is 20.3 Å². The molecule has 16 heavy (non-hydrogen) atoms. The molecule has 0 fully saturated rings. The van der Waals surface area contributed by atoms with Gasteiger partial charge in [-0.1, -0.05) is 22.9 Å². The number of rotatable bonds is 3. The van der Waals surface area contributed by atoms with Crippen LogP contribution in [0.2, 0.25) is 0 Å². The van der Waals surface area contributed by atoms with Gasteiger partial charge in [-0.3, -0.25) is 0 Å². The Hall–Kier alpha value is -1.34. The second-order valence-corrected chi connectivity index (χ2v) is 4.09. The molecule has 0 amide bonds. The van der Waals surface area contributed by atoms with Gasteiger partial charge in [-0.05, 0) is 31.0 Å². The van der Waals surface area contributed by atoms with Crippen LogP contribution in [-0.4, -0.2) is 12.6 Å². The number of hydrogen-bond acceptors (Lipinski definition) is 3. The molecular formula is C12H12BrNO2. The average molecular weight is 282 g/mol. The van der Waals surface area contributed by atoms with E-state index < -0.39 is 5.97 Å². The molecule has 84 valence electrons. The van der Waals surface area contributed by atoms with Gasteiger partial charge < -0.3 is 4.74 Å². The molecule has 0 unspecified atom stereocenters. The Balaban J connectivity index is 3.32. The molecule has 0 aliphatic heterocycles. The molecule has 0 radical (unpaired) electrons. The zero-order chi connectivity index (χ0) is 12.1. The first-order valence-electron chi connectivity index (χ1n) is 5.03. The van der Waals surface area contributed by atoms with Gasteiger partial charge in [0.05, 0.1) is 17.7 Å². The van der Waals surface area contributed by atoms with Crippen molar-refractivity contribution < 1.29 is 9.53 Å². The summed E-state index contributed by atoms with van der Waals surface area (Å²) in [6, 6.07) is 5.53. The van der Waals surface area contributed by atoms with Crippen molar-refractivity contribution in [1.29, 1.82) is 5.26 Å². The maximum Gasteiger partial charge on any atom is 0.339 e. The molecule has 1 aromatic carbocycles. The van der Waals surface area contributed by atoms with Gasteiger partial charge in [0.25, 0.3) is 0 Å². The van der Waals surface area contributed by atoms with Gasteiger partial charge in [0.15, 0.2) is 0 Å². The lowest BCUT2D eigenvalue weighted by Crippen LogP contribution is -2.08. The average Bonchev–Trinajstić information content (AvgIpc) is 2.28. The fraction of sp³-hybridized carbons (Fsp3) is 0.333. The number of hydrogen-bond donors (Lipinski definition) is 0. The summed E-state index contributed by atoms with van der Waals surface area (Å²) >= 11 is 3.32. The van der Waals surface area contributed by atoms with E-state index in [4.69, 9.17) is 10.00 Å². The van der Waals surface area contributed by atoms with Crippen molar-refractivity contribution in [3.63, 3.8) is 0 Å². The van der Waals surface area contributed by atoms with Gasteiger partial charge in [0.2, 0.25) is 0 Å². The monoisotopic (exact) mass is 281 g/mol. The number of aryl methyl sites for hydroxylation is 1. The van der Waals surface area contributed by atoms with Crippen LogP contribution in [0.15, 0.2) is 16.6 Å². The Morgan fingerprint density at radius 1 is 1.50 bits per heavy atom. The van der Waals surface area contributed by atoms with Crippen molar-refractivity contribution in [1.82, 2.24) is 0 Å². The number of nitrogens with zero attached hydrogens (tertiary/aromatic N) is 1. The number of carbonyl (C=O) groups excluding carboxylic acids is 1. The Morgan fingerprint density at radius 3 is 2.69 bits per heavy atom. The minimum atomic E-state index is -0.449. The summed E-state index contributed by atoms with van der Waals surface area (Å²) in [5.74, 6) is -0.449. The van der Waals surface area contributed by atoms with Crippen molar-refractivity contribution in [2.75, 3.05) is 6.61 Å². The summed E-state index contributed by atoms with van der Waals surface area (Å²) < 4.78 is 5.70. The maximum atomic E-state index is 11.7. The van der Waals surface area contributed by atoms with Crippen LogP contribution in [0.25, 0.3) is 0 Å². The second kappa shape index (κ2) is 5.66. The number of ether oxygens (including phenoxy) is 1. The van der Waals surface area contributed by atoms with Crippen LogP contribution in [0.4, 0.5) is 0 Å². The molecular weight excluding hydrogens is 270 g/mol. The van der Waals surface area contributed by atoms with Crippen LogP contribution in [0.3, 0.4) is 0 Å². The maximum absolute atomic E-state index is 11.7. The molecule has 3 nitrogen and oxygen atoms in total. The normalized spacial score (nSPS) is 9.62. The van der Waals surface area contributed by atoms with Crippen LogP contribution in [0.5, 0.6) is 0 Å². The number of benzene rings is 1. The molecule has 0 spiro atoms. The highest BCUT2D eigenvalue weighted by Crippen LogP contribution is 2.22. The van der Waals surface area contributed by atoms with Crippen molar-refractivity contribution in [3.8, 4) is 6.07 Å². The SMILES string of the molecule is CCOC(=O)c1cc(Br)cc(CC)c1C#N. The highest BCUT2D eigenvalue weighted by Gasteiger charge is 2.16. The molecule has 1 rings (SSSR count). The molecule has 0 saturated carbocycles. The van der Waals surface area contributed by atoms with E-state index in [0.29, 0.717) is 24.2 Å². The summed E-state index contributed by atoms with van der Waals surface area (Å²) in [6.45, 7) is 3.98. The zero-order valence-corrected chi connectivity index (χ0v) is 10.8. The largest absolute Gasteiger partial charge is 0.462 e. The van der Waals surface area contributed by atoms with E-state index in [0.717, 1.165) is 10.0 Å². The predicted molar refractivity (Wildman–Crippen MR) is 64.2 cm³/mol. The van der Waals surface area contributed by atoms with Gasteiger partial charge in [-0.15, -0.1) is 0 Å². The Labute approximate surface area is 103 Å². The van der Waals surface area contributed by atoms with Gasteiger partial charge in [0.1, 0.15) is 6.07 Å². The van der Waals surface area contributed by atoms with Gasteiger partial charge in [0, 0.05) is 4.47 Å². The first-order chi connectivity index (χ1) is 7.63. The van der Waals surface area contributed by atoms with Gasteiger partial charge >= 0.3 is 5.97 Å². The van der Waals surface area contributed by atoms with Crippen LogP contribution in [0.1, 0.15) is 35.3 Å². The zero-order valence-electron chi connectivity index (χ0n) is 9.21. The minimum absolute atomic E-state index is 0.303. The smallest absolute Gasteiger partial charge is 0.339 e. The summed E-state index contributed by atoms with van der Waals surface area (Å²) in [4.78, 5) is 11.7. The van der Waals surface area contributed by atoms with E-state index in [9.17, 15) is 4.79 Å². The third kappa shape index (κ3) is 2.61. The van der Waals surface area contributed by atoms with E-state index in [2.05, 4.69) is 22.0 Å². The van der Waals surface area contributed by atoms with Crippen molar-refractivity contribution in [3.05, 3.63) is 33.3 Å². The number of esters is 1. The predicted octanol–water partition coefficient (Wildman–Crippen LogP) is 3.06. The third-order valence-electron chi connectivity index (χ3n) is 2.17. The quantitative estimate of drug-likeness (QED) is 0.800. The number of halogens is 1. The summed E-state index contributed by atoms with van der Waals surface area (Å²) in [6.07, 6.45) is 0.703. The molecule has 0 aliphatic rings. The first-order valence-corrected chi connectivity index (χ1v) is 5.82. The number of nitriles is 1. The van der Waals surface area contributed by atoms with Crippen molar-refractivity contribution in [2.24, 2.45) is 0 Å². The highest BCUT2D eigenvalue weighted by atomic mass is 79.9. The summed E-state index contributed by atoms with van der Waals surface area (Å²) in [7, 11) is 0. The minimum Gasteiger partial charge on any atom is -0.462 e. The highest BCUT2D eigenvalue weighted by molar-refractivity contribution is 9.10. The standard InChI is InChI=1S/C12H12BrNO2/c1-3-8-5-9(13)6-10(11(8)7-14)12(15)16-4-2/h5-6H,3-4H2,1-2H3. The molecule has 0 heterocycles. The van der Waals surface area contributed by atoms with Crippen LogP contribution in [-0.2, 0) is 11.2 Å². The van der Waals surface area contributed by atoms with Crippen molar-refractivity contribution >= 4 is 21.9 Å². The van der Waals surface area contributed by atoms with E-state index in [1.165, 1.54) is 0 Å². The summed E-state index contributed by atoms with van der Waals surface area (Å²) in [5.41, 5.74) is 1.58. The topological polar surface area (TPSA) is 50.1 Å². The fourth-order valence-electron chi connectivity index (χ4n) is 1.44. The Kier molecular flexibility index (Phi) is 4.51. The first kappa shape index (κ1) is 12.7. The fourth-order valence-corrected chi connectivity index (χ4v) is 1.95. The molecule has 0 aromatic heterocycles. The van der Waals surface area contributed by atoms with Crippen LogP contribution >= 0.6 is 15.9 Å². The van der Waals surface area contributed by atoms with E-state index in [1.54, 1.807) is 13.0 Å². The van der Waals surface area contributed by atoms with Gasteiger partial charge in [-0.25, -0.2) is 4.79 Å². The molecule has 0 aliphatic carbocycles. The molecule has 0 bridgehead atoms. The lowest BCUT2D eigenvalue weighted by molar-refractivity contribution is 0.0526. The third-order valence-corrected chi connectivity index (χ3v) is 2.63.